The van der Waals surface area contributed by atoms with Crippen LogP contribution in [-0.2, 0) is 4.79 Å². The number of nitrogens with one attached hydrogen (secondary N) is 1. The number of anilines is 1. The number of hydrogen-bond acceptors (Lipinski definition) is 5. The molecule has 0 aliphatic carbocycles. The molecule has 1 saturated heterocycles. The Morgan fingerprint density at radius 1 is 1.56 bits per heavy atom. The molecule has 1 amide bonds. The van der Waals surface area contributed by atoms with Gasteiger partial charge in [-0.2, -0.15) is 0 Å². The van der Waals surface area contributed by atoms with E-state index < -0.39 is 4.92 Å². The maximum Gasteiger partial charge on any atom is 0.312 e. The van der Waals surface area contributed by atoms with E-state index in [2.05, 4.69) is 10.4 Å². The standard InChI is InChI=1S/C9H10N4O3/c14-9-2-1-5-12(9)11-7-3-4-10-6-8(7)13(15)16/h3-4,6H,1-2,5H2,(H,10,11). The summed E-state index contributed by atoms with van der Waals surface area (Å²) in [5.74, 6) is -0.0499. The summed E-state index contributed by atoms with van der Waals surface area (Å²) >= 11 is 0. The van der Waals surface area contributed by atoms with Gasteiger partial charge in [-0.05, 0) is 12.5 Å². The highest BCUT2D eigenvalue weighted by atomic mass is 16.6. The number of nitro groups is 1. The zero-order valence-corrected chi connectivity index (χ0v) is 8.42. The monoisotopic (exact) mass is 222 g/mol. The molecule has 0 bridgehead atoms. The van der Waals surface area contributed by atoms with E-state index in [1.54, 1.807) is 0 Å². The van der Waals surface area contributed by atoms with E-state index in [0.29, 0.717) is 13.0 Å². The molecule has 7 heteroatoms. The maximum absolute atomic E-state index is 11.3. The van der Waals surface area contributed by atoms with Gasteiger partial charge in [-0.15, -0.1) is 0 Å². The highest BCUT2D eigenvalue weighted by Crippen LogP contribution is 2.23. The van der Waals surface area contributed by atoms with Gasteiger partial charge in [0.05, 0.1) is 4.92 Å². The Bertz CT molecular complexity index is 435. The second-order valence-corrected chi connectivity index (χ2v) is 3.41. The summed E-state index contributed by atoms with van der Waals surface area (Å²) in [6.45, 7) is 0.568. The number of hydrogen-bond donors (Lipinski definition) is 1. The van der Waals surface area contributed by atoms with Crippen molar-refractivity contribution in [2.24, 2.45) is 0 Å². The van der Waals surface area contributed by atoms with Gasteiger partial charge in [0.2, 0.25) is 5.91 Å². The predicted octanol–water partition coefficient (Wildman–Crippen LogP) is 0.939. The van der Waals surface area contributed by atoms with Gasteiger partial charge in [-0.25, -0.2) is 0 Å². The Hall–Kier alpha value is -2.18. The molecule has 1 aliphatic heterocycles. The molecule has 0 unspecified atom stereocenters. The van der Waals surface area contributed by atoms with Crippen LogP contribution in [0.5, 0.6) is 0 Å². The Kier molecular flexibility index (Phi) is 2.67. The van der Waals surface area contributed by atoms with E-state index in [4.69, 9.17) is 0 Å². The van der Waals surface area contributed by atoms with Crippen molar-refractivity contribution in [3.8, 4) is 0 Å². The zero-order valence-electron chi connectivity index (χ0n) is 8.42. The van der Waals surface area contributed by atoms with Gasteiger partial charge in [0.15, 0.2) is 0 Å². The number of hydrazine groups is 1. The van der Waals surface area contributed by atoms with Crippen LogP contribution in [0, 0.1) is 10.1 Å². The average Bonchev–Trinajstić information content (AvgIpc) is 2.65. The van der Waals surface area contributed by atoms with Crippen LogP contribution >= 0.6 is 0 Å². The highest BCUT2D eigenvalue weighted by molar-refractivity contribution is 5.80. The van der Waals surface area contributed by atoms with Crippen molar-refractivity contribution in [1.82, 2.24) is 9.99 Å². The minimum Gasteiger partial charge on any atom is -0.290 e. The Balaban J connectivity index is 2.20. The van der Waals surface area contributed by atoms with E-state index in [0.717, 1.165) is 12.6 Å². The quantitative estimate of drug-likeness (QED) is 0.607. The lowest BCUT2D eigenvalue weighted by atomic mass is 10.3. The third-order valence-corrected chi connectivity index (χ3v) is 2.33. The van der Waals surface area contributed by atoms with Crippen molar-refractivity contribution < 1.29 is 9.72 Å². The number of nitrogens with zero attached hydrogens (tertiary/aromatic N) is 3. The van der Waals surface area contributed by atoms with Crippen LogP contribution in [0.15, 0.2) is 18.5 Å². The minimum atomic E-state index is -0.532. The highest BCUT2D eigenvalue weighted by Gasteiger charge is 2.23. The molecule has 0 atom stereocenters. The Morgan fingerprint density at radius 2 is 2.38 bits per heavy atom. The lowest BCUT2D eigenvalue weighted by molar-refractivity contribution is -0.384. The molecule has 1 N–H and O–H groups in total. The molecule has 1 aromatic heterocycles. The topological polar surface area (TPSA) is 88.4 Å². The van der Waals surface area contributed by atoms with Gasteiger partial charge in [0.1, 0.15) is 11.9 Å². The van der Waals surface area contributed by atoms with Gasteiger partial charge in [-0.1, -0.05) is 0 Å². The Morgan fingerprint density at radius 3 is 3.00 bits per heavy atom. The fraction of sp³-hybridized carbons (Fsp3) is 0.333. The first-order valence-electron chi connectivity index (χ1n) is 4.84. The van der Waals surface area contributed by atoms with E-state index in [1.165, 1.54) is 17.3 Å². The van der Waals surface area contributed by atoms with Crippen LogP contribution in [0.3, 0.4) is 0 Å². The molecule has 0 aromatic carbocycles. The lowest BCUT2D eigenvalue weighted by Crippen LogP contribution is -2.31. The number of pyridine rings is 1. The van der Waals surface area contributed by atoms with Gasteiger partial charge >= 0.3 is 5.69 Å². The van der Waals surface area contributed by atoms with Crippen LogP contribution in [-0.4, -0.2) is 27.4 Å². The third-order valence-electron chi connectivity index (χ3n) is 2.33. The van der Waals surface area contributed by atoms with Crippen molar-refractivity contribution in [2.75, 3.05) is 12.0 Å². The van der Waals surface area contributed by atoms with Gasteiger partial charge in [0.25, 0.3) is 0 Å². The number of carbonyl (C=O) groups is 1. The number of amides is 1. The van der Waals surface area contributed by atoms with E-state index in [1.807, 2.05) is 0 Å². The molecule has 2 heterocycles. The number of aromatic nitrogens is 1. The molecule has 1 fully saturated rings. The summed E-state index contributed by atoms with van der Waals surface area (Å²) in [6, 6.07) is 1.48. The normalized spacial score (nSPS) is 15.2. The molecule has 2 rings (SSSR count). The minimum absolute atomic E-state index is 0.0499. The molecular formula is C9H10N4O3. The molecule has 7 nitrogen and oxygen atoms in total. The van der Waals surface area contributed by atoms with E-state index in [-0.39, 0.29) is 17.3 Å². The van der Waals surface area contributed by atoms with Gasteiger partial charge < -0.3 is 0 Å². The molecular weight excluding hydrogens is 212 g/mol. The second kappa shape index (κ2) is 4.13. The van der Waals surface area contributed by atoms with Crippen LogP contribution in [0.4, 0.5) is 11.4 Å². The summed E-state index contributed by atoms with van der Waals surface area (Å²) in [5.41, 5.74) is 2.89. The van der Waals surface area contributed by atoms with Crippen molar-refractivity contribution in [3.05, 3.63) is 28.6 Å². The fourth-order valence-electron chi connectivity index (χ4n) is 1.54. The summed E-state index contributed by atoms with van der Waals surface area (Å²) in [4.78, 5) is 25.2. The molecule has 1 aliphatic rings. The lowest BCUT2D eigenvalue weighted by Gasteiger charge is -2.17. The van der Waals surface area contributed by atoms with Crippen molar-refractivity contribution in [2.45, 2.75) is 12.8 Å². The smallest absolute Gasteiger partial charge is 0.290 e. The first-order chi connectivity index (χ1) is 7.68. The van der Waals surface area contributed by atoms with Crippen molar-refractivity contribution in [1.29, 1.82) is 0 Å². The largest absolute Gasteiger partial charge is 0.312 e. The molecule has 84 valence electrons. The summed E-state index contributed by atoms with van der Waals surface area (Å²) < 4.78 is 0. The first-order valence-corrected chi connectivity index (χ1v) is 4.84. The maximum atomic E-state index is 11.3. The number of carbonyl (C=O) groups excluding carboxylic acids is 1. The predicted molar refractivity (Wildman–Crippen MR) is 55.5 cm³/mol. The van der Waals surface area contributed by atoms with Crippen LogP contribution in [0.1, 0.15) is 12.8 Å². The van der Waals surface area contributed by atoms with Crippen molar-refractivity contribution >= 4 is 17.3 Å². The number of rotatable bonds is 3. The molecule has 0 saturated carbocycles. The van der Waals surface area contributed by atoms with Crippen LogP contribution in [0.25, 0.3) is 0 Å². The molecule has 0 spiro atoms. The molecule has 1 aromatic rings. The second-order valence-electron chi connectivity index (χ2n) is 3.41. The zero-order chi connectivity index (χ0) is 11.5. The SMILES string of the molecule is O=C1CCCN1Nc1ccncc1[N+](=O)[O-]. The van der Waals surface area contributed by atoms with Gasteiger partial charge in [0, 0.05) is 19.2 Å². The van der Waals surface area contributed by atoms with Crippen LogP contribution < -0.4 is 5.43 Å². The van der Waals surface area contributed by atoms with Crippen molar-refractivity contribution in [3.63, 3.8) is 0 Å². The summed E-state index contributed by atoms with van der Waals surface area (Å²) in [6.07, 6.45) is 3.84. The fourth-order valence-corrected chi connectivity index (χ4v) is 1.54. The Labute approximate surface area is 91.2 Å². The van der Waals surface area contributed by atoms with E-state index >= 15 is 0 Å². The first kappa shape index (κ1) is 10.3. The molecule has 0 radical (unpaired) electrons. The van der Waals surface area contributed by atoms with Crippen LogP contribution in [0.2, 0.25) is 0 Å². The summed E-state index contributed by atoms with van der Waals surface area (Å²) in [5, 5.41) is 12.1. The third kappa shape index (κ3) is 1.92. The molecule has 16 heavy (non-hydrogen) atoms. The van der Waals surface area contributed by atoms with Gasteiger partial charge in [-0.3, -0.25) is 30.3 Å². The van der Waals surface area contributed by atoms with E-state index in [9.17, 15) is 14.9 Å². The summed E-state index contributed by atoms with van der Waals surface area (Å²) in [7, 11) is 0. The average molecular weight is 222 g/mol.